The molecule has 218 valence electrons. The Balaban J connectivity index is 1.52. The lowest BCUT2D eigenvalue weighted by Crippen LogP contribution is -2.57. The molecule has 11 heteroatoms. The summed E-state index contributed by atoms with van der Waals surface area (Å²) in [5.74, 6) is -0.696. The molecule has 0 bridgehead atoms. The molecule has 1 aliphatic heterocycles. The third-order valence-corrected chi connectivity index (χ3v) is 8.30. The largest absolute Gasteiger partial charge is 0.343 e. The Labute approximate surface area is 235 Å². The van der Waals surface area contributed by atoms with Crippen molar-refractivity contribution in [1.29, 1.82) is 0 Å². The lowest BCUT2D eigenvalue weighted by Gasteiger charge is -2.36. The SMILES string of the molecule is CNC(C)C(=O)NC(C(=O)N1CCCC1CN(CCc1ccc(F)cc1)C(=O)c1cn(C)nn1)C1CCCCC1. The number of benzene rings is 1. The minimum Gasteiger partial charge on any atom is -0.343 e. The Hall–Kier alpha value is -3.34. The van der Waals surface area contributed by atoms with Gasteiger partial charge in [-0.1, -0.05) is 36.6 Å². The van der Waals surface area contributed by atoms with Gasteiger partial charge >= 0.3 is 0 Å². The van der Waals surface area contributed by atoms with Gasteiger partial charge in [0.25, 0.3) is 5.91 Å². The van der Waals surface area contributed by atoms with Crippen LogP contribution in [0.5, 0.6) is 0 Å². The highest BCUT2D eigenvalue weighted by Crippen LogP contribution is 2.29. The van der Waals surface area contributed by atoms with E-state index in [0.717, 1.165) is 50.5 Å². The second-order valence-corrected chi connectivity index (χ2v) is 11.1. The summed E-state index contributed by atoms with van der Waals surface area (Å²) in [5.41, 5.74) is 1.15. The molecule has 2 aromatic rings. The van der Waals surface area contributed by atoms with Gasteiger partial charge < -0.3 is 20.4 Å². The fourth-order valence-electron chi connectivity index (χ4n) is 5.80. The maximum atomic E-state index is 14.1. The van der Waals surface area contributed by atoms with E-state index in [-0.39, 0.29) is 41.2 Å². The van der Waals surface area contributed by atoms with Crippen molar-refractivity contribution in [2.75, 3.05) is 26.7 Å². The minimum absolute atomic E-state index is 0.0588. The summed E-state index contributed by atoms with van der Waals surface area (Å²) < 4.78 is 14.9. The molecule has 1 aliphatic carbocycles. The van der Waals surface area contributed by atoms with Crippen molar-refractivity contribution in [3.63, 3.8) is 0 Å². The van der Waals surface area contributed by atoms with Gasteiger partial charge in [-0.3, -0.25) is 19.1 Å². The number of likely N-dealkylation sites (N-methyl/N-ethyl adjacent to an activating group) is 1. The summed E-state index contributed by atoms with van der Waals surface area (Å²) in [4.78, 5) is 44.0. The molecular weight excluding hydrogens is 513 g/mol. The summed E-state index contributed by atoms with van der Waals surface area (Å²) in [5, 5.41) is 14.0. The molecule has 2 heterocycles. The van der Waals surface area contributed by atoms with Crippen LogP contribution in [-0.4, -0.2) is 87.3 Å². The highest BCUT2D eigenvalue weighted by Gasteiger charge is 2.39. The van der Waals surface area contributed by atoms with Gasteiger partial charge in [0, 0.05) is 32.7 Å². The summed E-state index contributed by atoms with van der Waals surface area (Å²) in [6.45, 7) is 3.12. The van der Waals surface area contributed by atoms with E-state index in [1.807, 2.05) is 4.90 Å². The Bertz CT molecular complexity index is 1150. The minimum atomic E-state index is -0.576. The smallest absolute Gasteiger partial charge is 0.276 e. The number of hydrogen-bond donors (Lipinski definition) is 2. The first-order chi connectivity index (χ1) is 19.3. The summed E-state index contributed by atoms with van der Waals surface area (Å²) in [6, 6.07) is 5.11. The van der Waals surface area contributed by atoms with Gasteiger partial charge in [-0.15, -0.1) is 5.10 Å². The van der Waals surface area contributed by atoms with Crippen molar-refractivity contribution < 1.29 is 18.8 Å². The molecule has 1 aromatic carbocycles. The van der Waals surface area contributed by atoms with E-state index < -0.39 is 12.1 Å². The van der Waals surface area contributed by atoms with Gasteiger partial charge in [0.05, 0.1) is 12.2 Å². The Morgan fingerprint density at radius 3 is 2.48 bits per heavy atom. The number of hydrogen-bond acceptors (Lipinski definition) is 6. The predicted octanol–water partition coefficient (Wildman–Crippen LogP) is 2.30. The number of carbonyl (C=O) groups is 3. The third-order valence-electron chi connectivity index (χ3n) is 8.30. The fraction of sp³-hybridized carbons (Fsp3) is 0.621. The highest BCUT2D eigenvalue weighted by atomic mass is 19.1. The molecule has 2 N–H and O–H groups in total. The van der Waals surface area contributed by atoms with Crippen LogP contribution in [-0.2, 0) is 23.1 Å². The van der Waals surface area contributed by atoms with Crippen molar-refractivity contribution >= 4 is 17.7 Å². The van der Waals surface area contributed by atoms with E-state index >= 15 is 0 Å². The number of nitrogens with one attached hydrogen (secondary N) is 2. The predicted molar refractivity (Wildman–Crippen MR) is 149 cm³/mol. The van der Waals surface area contributed by atoms with Gasteiger partial charge in [-0.05, 0) is 69.7 Å². The number of halogens is 1. The molecule has 2 aliphatic rings. The zero-order valence-corrected chi connectivity index (χ0v) is 23.8. The van der Waals surface area contributed by atoms with Crippen LogP contribution in [0.4, 0.5) is 4.39 Å². The van der Waals surface area contributed by atoms with Crippen LogP contribution < -0.4 is 10.6 Å². The van der Waals surface area contributed by atoms with Crippen LogP contribution in [0, 0.1) is 11.7 Å². The summed E-state index contributed by atoms with van der Waals surface area (Å²) in [6.07, 6.45) is 8.81. The van der Waals surface area contributed by atoms with Crippen LogP contribution in [0.2, 0.25) is 0 Å². The number of likely N-dealkylation sites (tertiary alicyclic amines) is 1. The lowest BCUT2D eigenvalue weighted by atomic mass is 9.83. The average Bonchev–Trinajstić information content (AvgIpc) is 3.62. The molecule has 40 heavy (non-hydrogen) atoms. The molecular formula is C29H42FN7O3. The number of nitrogens with zero attached hydrogens (tertiary/aromatic N) is 5. The molecule has 10 nitrogen and oxygen atoms in total. The number of rotatable bonds is 11. The monoisotopic (exact) mass is 555 g/mol. The molecule has 1 aromatic heterocycles. The fourth-order valence-corrected chi connectivity index (χ4v) is 5.80. The van der Waals surface area contributed by atoms with E-state index in [2.05, 4.69) is 20.9 Å². The van der Waals surface area contributed by atoms with E-state index in [4.69, 9.17) is 0 Å². The van der Waals surface area contributed by atoms with Gasteiger partial charge in [0.2, 0.25) is 11.8 Å². The van der Waals surface area contributed by atoms with Crippen LogP contribution >= 0.6 is 0 Å². The molecule has 2 fully saturated rings. The molecule has 3 amide bonds. The number of carbonyl (C=O) groups excluding carboxylic acids is 3. The van der Waals surface area contributed by atoms with Crippen LogP contribution in [0.25, 0.3) is 0 Å². The normalized spacial score (nSPS) is 19.3. The van der Waals surface area contributed by atoms with Crippen LogP contribution in [0.15, 0.2) is 30.5 Å². The van der Waals surface area contributed by atoms with Gasteiger partial charge in [0.15, 0.2) is 5.69 Å². The Kier molecular flexibility index (Phi) is 10.2. The van der Waals surface area contributed by atoms with Crippen molar-refractivity contribution in [2.45, 2.75) is 76.4 Å². The Morgan fingerprint density at radius 2 is 1.82 bits per heavy atom. The molecule has 1 saturated carbocycles. The molecule has 4 rings (SSSR count). The molecule has 0 radical (unpaired) electrons. The first-order valence-corrected chi connectivity index (χ1v) is 14.4. The van der Waals surface area contributed by atoms with Crippen molar-refractivity contribution in [3.05, 3.63) is 47.5 Å². The molecule has 1 saturated heterocycles. The number of aromatic nitrogens is 3. The highest BCUT2D eigenvalue weighted by molar-refractivity contribution is 5.92. The lowest BCUT2D eigenvalue weighted by molar-refractivity contribution is -0.139. The second-order valence-electron chi connectivity index (χ2n) is 11.1. The second kappa shape index (κ2) is 13.8. The Morgan fingerprint density at radius 1 is 1.10 bits per heavy atom. The topological polar surface area (TPSA) is 112 Å². The molecule has 3 atom stereocenters. The molecule has 0 spiro atoms. The van der Waals surface area contributed by atoms with E-state index in [1.54, 1.807) is 44.2 Å². The van der Waals surface area contributed by atoms with Crippen molar-refractivity contribution in [2.24, 2.45) is 13.0 Å². The van der Waals surface area contributed by atoms with Crippen LogP contribution in [0.3, 0.4) is 0 Å². The quantitative estimate of drug-likeness (QED) is 0.440. The van der Waals surface area contributed by atoms with Crippen LogP contribution in [0.1, 0.15) is 67.9 Å². The number of aryl methyl sites for hydroxylation is 1. The van der Waals surface area contributed by atoms with E-state index in [9.17, 15) is 18.8 Å². The summed E-state index contributed by atoms with van der Waals surface area (Å²) in [7, 11) is 3.44. The third kappa shape index (κ3) is 7.44. The maximum Gasteiger partial charge on any atom is 0.276 e. The standard InChI is InChI=1S/C29H42FN7O3/c1-20(31-2)27(38)32-26(22-8-5-4-6-9-22)29(40)37-16-7-10-24(37)18-36(28(39)25-19-35(3)34-33-25)17-15-21-11-13-23(30)14-12-21/h11-14,19-20,22,24,26,31H,4-10,15-18H2,1-3H3,(H,32,38). The first-order valence-electron chi connectivity index (χ1n) is 14.4. The number of amides is 3. The van der Waals surface area contributed by atoms with Crippen molar-refractivity contribution in [1.82, 2.24) is 35.4 Å². The van der Waals surface area contributed by atoms with Gasteiger partial charge in [0.1, 0.15) is 11.9 Å². The zero-order chi connectivity index (χ0) is 28.6. The zero-order valence-electron chi connectivity index (χ0n) is 23.8. The maximum absolute atomic E-state index is 14.1. The average molecular weight is 556 g/mol. The molecule has 3 unspecified atom stereocenters. The van der Waals surface area contributed by atoms with Gasteiger partial charge in [-0.25, -0.2) is 4.39 Å². The first kappa shape index (κ1) is 29.6. The van der Waals surface area contributed by atoms with E-state index in [1.165, 1.54) is 16.8 Å². The summed E-state index contributed by atoms with van der Waals surface area (Å²) >= 11 is 0. The van der Waals surface area contributed by atoms with Gasteiger partial charge in [-0.2, -0.15) is 0 Å². The van der Waals surface area contributed by atoms with E-state index in [0.29, 0.717) is 26.1 Å². The van der Waals surface area contributed by atoms with Crippen molar-refractivity contribution in [3.8, 4) is 0 Å².